The lowest BCUT2D eigenvalue weighted by atomic mass is 9.95. The Bertz CT molecular complexity index is 1010. The van der Waals surface area contributed by atoms with Crippen molar-refractivity contribution in [2.45, 2.75) is 32.6 Å². The van der Waals surface area contributed by atoms with Gasteiger partial charge >= 0.3 is 0 Å². The molecular formula is C21H20N4O2S. The highest BCUT2D eigenvalue weighted by Crippen LogP contribution is 2.38. The Labute approximate surface area is 167 Å². The monoisotopic (exact) mass is 392 g/mol. The highest BCUT2D eigenvalue weighted by atomic mass is 32.1. The van der Waals surface area contributed by atoms with E-state index in [0.29, 0.717) is 21.9 Å². The molecule has 7 heteroatoms. The molecule has 0 aliphatic heterocycles. The average molecular weight is 392 g/mol. The summed E-state index contributed by atoms with van der Waals surface area (Å²) in [6.45, 7) is 1.94. The number of fused-ring (bicyclic) bond motifs is 1. The molecule has 0 unspecified atom stereocenters. The van der Waals surface area contributed by atoms with Gasteiger partial charge in [0.2, 0.25) is 0 Å². The number of carbonyl (C=O) groups is 2. The molecule has 2 amide bonds. The van der Waals surface area contributed by atoms with Crippen LogP contribution >= 0.6 is 11.3 Å². The molecule has 3 aromatic rings. The molecule has 1 aliphatic carbocycles. The molecule has 142 valence electrons. The van der Waals surface area contributed by atoms with Crippen molar-refractivity contribution in [3.8, 4) is 0 Å². The van der Waals surface area contributed by atoms with Crippen molar-refractivity contribution in [3.05, 3.63) is 70.0 Å². The smallest absolute Gasteiger partial charge is 0.260 e. The number of anilines is 2. The Morgan fingerprint density at radius 3 is 2.64 bits per heavy atom. The molecule has 3 aromatic heterocycles. The molecule has 0 fully saturated rings. The minimum atomic E-state index is -0.269. The number of aromatic nitrogens is 2. The van der Waals surface area contributed by atoms with Crippen LogP contribution in [0.25, 0.3) is 0 Å². The lowest BCUT2D eigenvalue weighted by Gasteiger charge is -2.13. The first-order chi connectivity index (χ1) is 13.6. The van der Waals surface area contributed by atoms with E-state index in [9.17, 15) is 9.59 Å². The van der Waals surface area contributed by atoms with Gasteiger partial charge < -0.3 is 10.6 Å². The van der Waals surface area contributed by atoms with Crippen molar-refractivity contribution >= 4 is 34.0 Å². The molecule has 3 heterocycles. The fraction of sp³-hybridized carbons (Fsp3) is 0.238. The van der Waals surface area contributed by atoms with Crippen LogP contribution in [0, 0.1) is 6.92 Å². The van der Waals surface area contributed by atoms with Gasteiger partial charge in [-0.25, -0.2) is 4.98 Å². The van der Waals surface area contributed by atoms with Gasteiger partial charge in [0.15, 0.2) is 0 Å². The molecule has 0 aromatic carbocycles. The van der Waals surface area contributed by atoms with E-state index in [-0.39, 0.29) is 11.8 Å². The van der Waals surface area contributed by atoms with E-state index in [1.54, 1.807) is 30.6 Å². The summed E-state index contributed by atoms with van der Waals surface area (Å²) >= 11 is 1.49. The number of amides is 2. The van der Waals surface area contributed by atoms with Gasteiger partial charge in [-0.2, -0.15) is 0 Å². The van der Waals surface area contributed by atoms with Crippen molar-refractivity contribution < 1.29 is 9.59 Å². The molecule has 1 aliphatic rings. The predicted molar refractivity (Wildman–Crippen MR) is 110 cm³/mol. The zero-order valence-electron chi connectivity index (χ0n) is 15.5. The molecule has 0 atom stereocenters. The summed E-state index contributed by atoms with van der Waals surface area (Å²) in [6, 6.07) is 7.09. The second-order valence-corrected chi connectivity index (χ2v) is 7.89. The van der Waals surface area contributed by atoms with Crippen LogP contribution < -0.4 is 10.6 Å². The van der Waals surface area contributed by atoms with Crippen LogP contribution in [-0.4, -0.2) is 21.8 Å². The molecule has 0 saturated heterocycles. The molecular weight excluding hydrogens is 372 g/mol. The van der Waals surface area contributed by atoms with Gasteiger partial charge in [-0.1, -0.05) is 6.07 Å². The largest absolute Gasteiger partial charge is 0.313 e. The molecule has 4 rings (SSSR count). The van der Waals surface area contributed by atoms with Gasteiger partial charge in [-0.3, -0.25) is 14.6 Å². The number of rotatable bonds is 4. The quantitative estimate of drug-likeness (QED) is 0.696. The lowest BCUT2D eigenvalue weighted by Crippen LogP contribution is -2.19. The maximum absolute atomic E-state index is 13.1. The highest BCUT2D eigenvalue weighted by molar-refractivity contribution is 7.17. The number of aryl methyl sites for hydroxylation is 2. The Morgan fingerprint density at radius 2 is 1.89 bits per heavy atom. The fourth-order valence-electron chi connectivity index (χ4n) is 3.29. The van der Waals surface area contributed by atoms with Crippen LogP contribution in [0.2, 0.25) is 0 Å². The van der Waals surface area contributed by atoms with E-state index in [4.69, 9.17) is 0 Å². The first-order valence-corrected chi connectivity index (χ1v) is 10.0. The van der Waals surface area contributed by atoms with Gasteiger partial charge in [0.25, 0.3) is 11.8 Å². The minimum absolute atomic E-state index is 0.239. The summed E-state index contributed by atoms with van der Waals surface area (Å²) in [4.78, 5) is 35.1. The Morgan fingerprint density at radius 1 is 1.04 bits per heavy atom. The number of hydrogen-bond acceptors (Lipinski definition) is 5. The van der Waals surface area contributed by atoms with Crippen molar-refractivity contribution in [1.29, 1.82) is 0 Å². The third-order valence-electron chi connectivity index (χ3n) is 4.70. The Balaban J connectivity index is 1.65. The van der Waals surface area contributed by atoms with E-state index >= 15 is 0 Å². The number of nitrogens with zero attached hydrogens (tertiary/aromatic N) is 2. The van der Waals surface area contributed by atoms with Gasteiger partial charge in [0.05, 0.1) is 11.1 Å². The number of thiophene rings is 1. The van der Waals surface area contributed by atoms with E-state index in [2.05, 4.69) is 20.6 Å². The van der Waals surface area contributed by atoms with Crippen LogP contribution in [0.15, 0.2) is 42.9 Å². The van der Waals surface area contributed by atoms with Gasteiger partial charge in [-0.05, 0) is 61.9 Å². The number of nitrogens with one attached hydrogen (secondary N) is 2. The lowest BCUT2D eigenvalue weighted by molar-refractivity contribution is 0.102. The van der Waals surface area contributed by atoms with Crippen molar-refractivity contribution in [1.82, 2.24) is 9.97 Å². The van der Waals surface area contributed by atoms with Gasteiger partial charge in [-0.15, -0.1) is 11.3 Å². The molecule has 6 nitrogen and oxygen atoms in total. The topological polar surface area (TPSA) is 84.0 Å². The van der Waals surface area contributed by atoms with Crippen molar-refractivity contribution in [3.63, 3.8) is 0 Å². The second-order valence-electron chi connectivity index (χ2n) is 6.79. The van der Waals surface area contributed by atoms with Gasteiger partial charge in [0.1, 0.15) is 10.8 Å². The molecule has 28 heavy (non-hydrogen) atoms. The Kier molecular flexibility index (Phi) is 5.16. The molecule has 2 N–H and O–H groups in total. The summed E-state index contributed by atoms with van der Waals surface area (Å²) in [5, 5.41) is 6.37. The highest BCUT2D eigenvalue weighted by Gasteiger charge is 2.26. The Hall–Kier alpha value is -3.06. The third-order valence-corrected chi connectivity index (χ3v) is 5.91. The van der Waals surface area contributed by atoms with E-state index in [1.807, 2.05) is 13.0 Å². The number of hydrogen-bond donors (Lipinski definition) is 2. The number of pyridine rings is 2. The standard InChI is InChI=1S/C21H20N4O2S/c1-13-8-9-17(23-11-13)24-20(27)18-15-6-2-3-7-16(15)28-21(18)25-19(26)14-5-4-10-22-12-14/h4-5,8-12H,2-3,6-7H2,1H3,(H,25,26)(H,23,24,27). The molecule has 0 saturated carbocycles. The first kappa shape index (κ1) is 18.3. The van der Waals surface area contributed by atoms with Crippen LogP contribution in [0.4, 0.5) is 10.8 Å². The van der Waals surface area contributed by atoms with E-state index < -0.39 is 0 Å². The van der Waals surface area contributed by atoms with Gasteiger partial charge in [0, 0.05) is 23.5 Å². The van der Waals surface area contributed by atoms with Crippen molar-refractivity contribution in [2.24, 2.45) is 0 Å². The summed E-state index contributed by atoms with van der Waals surface area (Å²) < 4.78 is 0. The second kappa shape index (κ2) is 7.90. The normalized spacial score (nSPS) is 12.9. The average Bonchev–Trinajstić information content (AvgIpc) is 3.08. The van der Waals surface area contributed by atoms with Crippen LogP contribution in [0.1, 0.15) is 49.6 Å². The van der Waals surface area contributed by atoms with E-state index in [0.717, 1.165) is 36.8 Å². The SMILES string of the molecule is Cc1ccc(NC(=O)c2c(NC(=O)c3cccnc3)sc3c2CCCC3)nc1. The maximum Gasteiger partial charge on any atom is 0.260 e. The van der Waals surface area contributed by atoms with Crippen LogP contribution in [-0.2, 0) is 12.8 Å². The zero-order valence-corrected chi connectivity index (χ0v) is 16.3. The fourth-order valence-corrected chi connectivity index (χ4v) is 4.57. The summed E-state index contributed by atoms with van der Waals surface area (Å²) in [5.41, 5.74) is 3.08. The summed E-state index contributed by atoms with van der Waals surface area (Å²) in [5.74, 6) is -0.0117. The predicted octanol–water partition coefficient (Wildman–Crippen LogP) is 4.23. The first-order valence-electron chi connectivity index (χ1n) is 9.22. The third kappa shape index (κ3) is 3.80. The molecule has 0 spiro atoms. The summed E-state index contributed by atoms with van der Waals surface area (Å²) in [7, 11) is 0. The minimum Gasteiger partial charge on any atom is -0.313 e. The van der Waals surface area contributed by atoms with Crippen LogP contribution in [0.5, 0.6) is 0 Å². The zero-order chi connectivity index (χ0) is 19.5. The van der Waals surface area contributed by atoms with Crippen molar-refractivity contribution in [2.75, 3.05) is 10.6 Å². The van der Waals surface area contributed by atoms with E-state index in [1.165, 1.54) is 22.4 Å². The molecule has 0 bridgehead atoms. The number of carbonyl (C=O) groups excluding carboxylic acids is 2. The maximum atomic E-state index is 13.1. The van der Waals surface area contributed by atoms with Crippen LogP contribution in [0.3, 0.4) is 0 Å². The molecule has 0 radical (unpaired) electrons. The summed E-state index contributed by atoms with van der Waals surface area (Å²) in [6.07, 6.45) is 8.77.